The molecule has 0 radical (unpaired) electrons. The second kappa shape index (κ2) is 6.62. The van der Waals surface area contributed by atoms with E-state index < -0.39 is 0 Å². The molecule has 0 spiro atoms. The normalized spacial score (nSPS) is 19.0. The molecule has 0 saturated carbocycles. The zero-order chi connectivity index (χ0) is 15.5. The zero-order valence-corrected chi connectivity index (χ0v) is 13.4. The number of hydrogen-bond acceptors (Lipinski definition) is 3. The predicted octanol–water partition coefficient (Wildman–Crippen LogP) is 2.68. The van der Waals surface area contributed by atoms with Crippen molar-refractivity contribution in [3.05, 3.63) is 57.2 Å². The van der Waals surface area contributed by atoms with Crippen LogP contribution in [0.5, 0.6) is 0 Å². The van der Waals surface area contributed by atoms with Crippen molar-refractivity contribution in [1.82, 2.24) is 14.9 Å². The number of rotatable bonds is 2. The van der Waals surface area contributed by atoms with E-state index in [1.165, 1.54) is 6.20 Å². The molecular formula is C15H16ClN3O2S. The van der Waals surface area contributed by atoms with Gasteiger partial charge in [-0.1, -0.05) is 29.8 Å². The molecule has 2 aromatic rings. The molecule has 1 aliphatic heterocycles. The second-order valence-electron chi connectivity index (χ2n) is 5.12. The first kappa shape index (κ1) is 15.2. The minimum atomic E-state index is -0.360. The Morgan fingerprint density at radius 2 is 2.14 bits per heavy atom. The monoisotopic (exact) mass is 337 g/mol. The summed E-state index contributed by atoms with van der Waals surface area (Å²) in [6.07, 6.45) is 2.27. The number of nitrogens with one attached hydrogen (secondary N) is 2. The topological polar surface area (TPSA) is 69.0 Å². The summed E-state index contributed by atoms with van der Waals surface area (Å²) < 4.78 is 0. The van der Waals surface area contributed by atoms with Gasteiger partial charge in [0.15, 0.2) is 0 Å². The highest BCUT2D eigenvalue weighted by Gasteiger charge is 2.24. The van der Waals surface area contributed by atoms with Gasteiger partial charge >= 0.3 is 5.69 Å². The van der Waals surface area contributed by atoms with Crippen LogP contribution in [0, 0.1) is 0 Å². The molecule has 0 unspecified atom stereocenters. The van der Waals surface area contributed by atoms with Gasteiger partial charge in [-0.05, 0) is 18.1 Å². The Morgan fingerprint density at radius 1 is 1.32 bits per heavy atom. The highest BCUT2D eigenvalue weighted by Crippen LogP contribution is 2.37. The number of halogens is 1. The summed E-state index contributed by atoms with van der Waals surface area (Å²) in [5, 5.41) is 1.06. The fraction of sp³-hybridized carbons (Fsp3) is 0.333. The highest BCUT2D eigenvalue weighted by molar-refractivity contribution is 7.99. The molecule has 1 saturated heterocycles. The Kier molecular flexibility index (Phi) is 4.59. The van der Waals surface area contributed by atoms with Crippen LogP contribution in [0.15, 0.2) is 35.3 Å². The molecule has 1 atom stereocenters. The van der Waals surface area contributed by atoms with E-state index in [2.05, 4.69) is 9.97 Å². The number of hydrogen-bond donors (Lipinski definition) is 2. The van der Waals surface area contributed by atoms with Crippen molar-refractivity contribution in [2.75, 3.05) is 18.8 Å². The van der Waals surface area contributed by atoms with Gasteiger partial charge in [0, 0.05) is 35.3 Å². The molecule has 2 N–H and O–H groups in total. The molecule has 7 heteroatoms. The van der Waals surface area contributed by atoms with Crippen LogP contribution >= 0.6 is 23.4 Å². The number of H-pyrrole nitrogens is 2. The molecule has 1 aromatic carbocycles. The number of aromatic nitrogens is 2. The summed E-state index contributed by atoms with van der Waals surface area (Å²) in [5.74, 6) is 0.703. The van der Waals surface area contributed by atoms with Crippen molar-refractivity contribution < 1.29 is 4.79 Å². The van der Waals surface area contributed by atoms with Gasteiger partial charge < -0.3 is 14.9 Å². The summed E-state index contributed by atoms with van der Waals surface area (Å²) >= 11 is 8.09. The SMILES string of the molecule is O=C(c1c[nH]c(=O)[nH]1)N1CCS[C@H](c2ccccc2Cl)CC1. The fourth-order valence-corrected chi connectivity index (χ4v) is 4.18. The Morgan fingerprint density at radius 3 is 2.86 bits per heavy atom. The number of aromatic amines is 2. The molecule has 1 amide bonds. The van der Waals surface area contributed by atoms with Crippen molar-refractivity contribution >= 4 is 29.3 Å². The van der Waals surface area contributed by atoms with Gasteiger partial charge in [0.25, 0.3) is 5.91 Å². The van der Waals surface area contributed by atoms with E-state index in [0.717, 1.165) is 22.8 Å². The number of nitrogens with zero attached hydrogens (tertiary/aromatic N) is 1. The maximum atomic E-state index is 12.4. The molecule has 0 bridgehead atoms. The Hall–Kier alpha value is -1.66. The quantitative estimate of drug-likeness (QED) is 0.885. The molecule has 1 fully saturated rings. The first-order chi connectivity index (χ1) is 10.6. The van der Waals surface area contributed by atoms with Crippen LogP contribution in [0.25, 0.3) is 0 Å². The third-order valence-corrected chi connectivity index (χ3v) is 5.36. The van der Waals surface area contributed by atoms with Gasteiger partial charge in [-0.15, -0.1) is 0 Å². The van der Waals surface area contributed by atoms with E-state index in [0.29, 0.717) is 18.8 Å². The van der Waals surface area contributed by atoms with Crippen molar-refractivity contribution in [3.8, 4) is 0 Å². The average molecular weight is 338 g/mol. The van der Waals surface area contributed by atoms with Gasteiger partial charge in [0.05, 0.1) is 0 Å². The predicted molar refractivity (Wildman–Crippen MR) is 88.6 cm³/mol. The number of carbonyl (C=O) groups excluding carboxylic acids is 1. The lowest BCUT2D eigenvalue weighted by molar-refractivity contribution is 0.0761. The summed E-state index contributed by atoms with van der Waals surface area (Å²) in [6.45, 7) is 1.31. The lowest BCUT2D eigenvalue weighted by atomic mass is 10.1. The number of benzene rings is 1. The average Bonchev–Trinajstić information content (AvgIpc) is 2.81. The molecule has 1 aromatic heterocycles. The summed E-state index contributed by atoms with van der Waals surface area (Å²) in [5.41, 5.74) is 1.08. The Balaban J connectivity index is 1.71. The van der Waals surface area contributed by atoms with Crippen LogP contribution < -0.4 is 5.69 Å². The molecular weight excluding hydrogens is 322 g/mol. The lowest BCUT2D eigenvalue weighted by Crippen LogP contribution is -2.33. The van der Waals surface area contributed by atoms with Crippen molar-refractivity contribution in [2.24, 2.45) is 0 Å². The number of imidazole rings is 1. The van der Waals surface area contributed by atoms with Crippen molar-refractivity contribution in [2.45, 2.75) is 11.7 Å². The zero-order valence-electron chi connectivity index (χ0n) is 11.8. The molecule has 116 valence electrons. The molecule has 2 heterocycles. The van der Waals surface area contributed by atoms with E-state index in [1.807, 2.05) is 36.0 Å². The van der Waals surface area contributed by atoms with Gasteiger partial charge in [0.2, 0.25) is 0 Å². The lowest BCUT2D eigenvalue weighted by Gasteiger charge is -2.19. The second-order valence-corrected chi connectivity index (χ2v) is 6.84. The summed E-state index contributed by atoms with van der Waals surface area (Å²) in [7, 11) is 0. The van der Waals surface area contributed by atoms with Crippen LogP contribution in [0.4, 0.5) is 0 Å². The number of amides is 1. The summed E-state index contributed by atoms with van der Waals surface area (Å²) in [4.78, 5) is 30.3. The van der Waals surface area contributed by atoms with Crippen LogP contribution in [-0.2, 0) is 0 Å². The smallest absolute Gasteiger partial charge is 0.323 e. The van der Waals surface area contributed by atoms with Crippen LogP contribution in [-0.4, -0.2) is 39.6 Å². The highest BCUT2D eigenvalue weighted by atomic mass is 35.5. The van der Waals surface area contributed by atoms with Gasteiger partial charge in [-0.2, -0.15) is 11.8 Å². The number of carbonyl (C=O) groups is 1. The largest absolute Gasteiger partial charge is 0.336 e. The van der Waals surface area contributed by atoms with Crippen LogP contribution in [0.1, 0.15) is 27.7 Å². The van der Waals surface area contributed by atoms with E-state index in [4.69, 9.17) is 11.6 Å². The minimum absolute atomic E-state index is 0.140. The minimum Gasteiger partial charge on any atom is -0.336 e. The van der Waals surface area contributed by atoms with Crippen molar-refractivity contribution in [1.29, 1.82) is 0 Å². The van der Waals surface area contributed by atoms with Gasteiger partial charge in [-0.3, -0.25) is 4.79 Å². The molecule has 0 aliphatic carbocycles. The van der Waals surface area contributed by atoms with Crippen molar-refractivity contribution in [3.63, 3.8) is 0 Å². The van der Waals surface area contributed by atoms with Crippen LogP contribution in [0.3, 0.4) is 0 Å². The maximum absolute atomic E-state index is 12.4. The first-order valence-corrected chi connectivity index (χ1v) is 8.51. The molecule has 3 rings (SSSR count). The third kappa shape index (κ3) is 3.23. The maximum Gasteiger partial charge on any atom is 0.323 e. The summed E-state index contributed by atoms with van der Waals surface area (Å²) in [6, 6.07) is 7.85. The van der Waals surface area contributed by atoms with Crippen LogP contribution in [0.2, 0.25) is 5.02 Å². The number of thioether (sulfide) groups is 1. The van der Waals surface area contributed by atoms with E-state index >= 15 is 0 Å². The standard InChI is InChI=1S/C15H16ClN3O2S/c16-11-4-2-1-3-10(11)13-5-6-19(7-8-22-13)14(20)12-9-17-15(21)18-12/h1-4,9,13H,5-8H2,(H2,17,18,21)/t13-/m0/s1. The third-order valence-electron chi connectivity index (χ3n) is 3.71. The molecule has 22 heavy (non-hydrogen) atoms. The van der Waals surface area contributed by atoms with E-state index in [1.54, 1.807) is 4.90 Å². The Labute approximate surface area is 137 Å². The Bertz CT molecular complexity index is 727. The first-order valence-electron chi connectivity index (χ1n) is 7.08. The molecule has 1 aliphatic rings. The fourth-order valence-electron chi connectivity index (χ4n) is 2.58. The molecule has 5 nitrogen and oxygen atoms in total. The van der Waals surface area contributed by atoms with Gasteiger partial charge in [0.1, 0.15) is 5.69 Å². The van der Waals surface area contributed by atoms with E-state index in [-0.39, 0.29) is 16.8 Å². The van der Waals surface area contributed by atoms with E-state index in [9.17, 15) is 9.59 Å². The van der Waals surface area contributed by atoms with Gasteiger partial charge in [-0.25, -0.2) is 4.79 Å².